The highest BCUT2D eigenvalue weighted by molar-refractivity contribution is 7.21. The smallest absolute Gasteiger partial charge is 0.329 e. The number of carboxylic acids is 1. The Hall–Kier alpha value is -3.99. The topological polar surface area (TPSA) is 106 Å². The van der Waals surface area contributed by atoms with Crippen LogP contribution in [0.4, 0.5) is 4.39 Å². The number of carbonyl (C=O) groups is 2. The molecule has 3 aromatic carbocycles. The number of hydrogen-bond donors (Lipinski definition) is 2. The van der Waals surface area contributed by atoms with Gasteiger partial charge in [0.2, 0.25) is 5.78 Å². The largest absolute Gasteiger partial charge is 0.508 e. The Bertz CT molecular complexity index is 1450. The van der Waals surface area contributed by atoms with Crippen molar-refractivity contribution in [1.29, 1.82) is 0 Å². The van der Waals surface area contributed by atoms with Gasteiger partial charge in [0.1, 0.15) is 41.2 Å². The number of carboxylic acid groups (broad SMARTS) is 1. The number of aliphatic carboxylic acids is 1. The quantitative estimate of drug-likeness (QED) is 0.134. The van der Waals surface area contributed by atoms with Crippen molar-refractivity contribution in [2.24, 2.45) is 0 Å². The Kier molecular flexibility index (Phi) is 10.1. The number of fused-ring (bicyclic) bond motifs is 1. The van der Waals surface area contributed by atoms with Gasteiger partial charge in [-0.25, -0.2) is 9.18 Å². The summed E-state index contributed by atoms with van der Waals surface area (Å²) in [5.74, 6) is -0.291. The molecule has 0 atom stereocenters. The number of ether oxygens (including phenoxy) is 3. The van der Waals surface area contributed by atoms with Crippen molar-refractivity contribution in [3.63, 3.8) is 0 Å². The molecule has 0 aliphatic heterocycles. The maximum absolute atomic E-state index is 13.8. The van der Waals surface area contributed by atoms with Crippen LogP contribution in [0.15, 0.2) is 66.7 Å². The van der Waals surface area contributed by atoms with Gasteiger partial charge in [-0.1, -0.05) is 19.1 Å². The lowest BCUT2D eigenvalue weighted by atomic mass is 10.1. The molecule has 0 bridgehead atoms. The van der Waals surface area contributed by atoms with Gasteiger partial charge in [0.25, 0.3) is 0 Å². The number of hydrogen-bond acceptors (Lipinski definition) is 8. The third-order valence-corrected chi connectivity index (χ3v) is 7.21. The molecule has 0 unspecified atom stereocenters. The summed E-state index contributed by atoms with van der Waals surface area (Å²) in [6.45, 7) is 4.93. The van der Waals surface area contributed by atoms with Crippen molar-refractivity contribution in [2.45, 2.75) is 13.3 Å². The summed E-state index contributed by atoms with van der Waals surface area (Å²) in [6.07, 6.45) is 0.730. The van der Waals surface area contributed by atoms with Crippen molar-refractivity contribution in [3.05, 3.63) is 83.0 Å². The Morgan fingerprint density at radius 3 is 2.48 bits per heavy atom. The molecule has 0 aliphatic rings. The first-order chi connectivity index (χ1) is 19.3. The van der Waals surface area contributed by atoms with Crippen molar-refractivity contribution < 1.29 is 38.4 Å². The molecule has 8 nitrogen and oxygen atoms in total. The van der Waals surface area contributed by atoms with Crippen LogP contribution in [-0.2, 0) is 9.53 Å². The molecule has 0 radical (unpaired) electrons. The second-order valence-corrected chi connectivity index (χ2v) is 9.99. The normalized spacial score (nSPS) is 11.2. The lowest BCUT2D eigenvalue weighted by Gasteiger charge is -2.20. The van der Waals surface area contributed by atoms with Gasteiger partial charge in [-0.2, -0.15) is 0 Å². The van der Waals surface area contributed by atoms with Crippen LogP contribution in [0.3, 0.4) is 0 Å². The Labute approximate surface area is 235 Å². The van der Waals surface area contributed by atoms with Crippen LogP contribution >= 0.6 is 11.3 Å². The van der Waals surface area contributed by atoms with Crippen LogP contribution in [-0.4, -0.2) is 66.3 Å². The van der Waals surface area contributed by atoms with E-state index in [-0.39, 0.29) is 23.7 Å². The number of nitrogens with zero attached hydrogens (tertiary/aromatic N) is 1. The van der Waals surface area contributed by atoms with Crippen LogP contribution in [0.2, 0.25) is 0 Å². The zero-order valence-corrected chi connectivity index (χ0v) is 22.8. The minimum absolute atomic E-state index is 0.0692. The van der Waals surface area contributed by atoms with Crippen molar-refractivity contribution >= 4 is 33.2 Å². The SMILES string of the molecule is CCN(CCCOCC(=O)O)CCOc1ccc(Oc2c(C(=O)c3cccc(F)c3)sc3cc(O)ccc23)cc1. The number of rotatable bonds is 15. The molecular weight excluding hydrogens is 537 g/mol. The number of aromatic hydroxyl groups is 1. The molecule has 40 heavy (non-hydrogen) atoms. The summed E-state index contributed by atoms with van der Waals surface area (Å²) in [6, 6.07) is 17.3. The summed E-state index contributed by atoms with van der Waals surface area (Å²) in [7, 11) is 0. The van der Waals surface area contributed by atoms with Crippen LogP contribution in [0.25, 0.3) is 10.1 Å². The molecule has 2 N–H and O–H groups in total. The lowest BCUT2D eigenvalue weighted by molar-refractivity contribution is -0.142. The second kappa shape index (κ2) is 13.9. The number of phenolic OH excluding ortho intramolecular Hbond substituents is 1. The highest BCUT2D eigenvalue weighted by Gasteiger charge is 2.22. The zero-order chi connectivity index (χ0) is 28.5. The van der Waals surface area contributed by atoms with Gasteiger partial charge in [-0.05, 0) is 67.6 Å². The number of ketones is 1. The number of carbonyl (C=O) groups excluding carboxylic acids is 1. The van der Waals surface area contributed by atoms with E-state index in [0.29, 0.717) is 52.0 Å². The third-order valence-electron chi connectivity index (χ3n) is 6.08. The Morgan fingerprint density at radius 1 is 0.975 bits per heavy atom. The summed E-state index contributed by atoms with van der Waals surface area (Å²) in [4.78, 5) is 26.3. The fourth-order valence-electron chi connectivity index (χ4n) is 4.07. The van der Waals surface area contributed by atoms with Crippen molar-refractivity contribution in [2.75, 3.05) is 39.5 Å². The maximum Gasteiger partial charge on any atom is 0.329 e. The minimum Gasteiger partial charge on any atom is -0.508 e. The van der Waals surface area contributed by atoms with Gasteiger partial charge in [0.15, 0.2) is 5.75 Å². The van der Waals surface area contributed by atoms with E-state index >= 15 is 0 Å². The van der Waals surface area contributed by atoms with E-state index in [1.807, 2.05) is 6.92 Å². The van der Waals surface area contributed by atoms with Crippen LogP contribution in [0, 0.1) is 5.82 Å². The third kappa shape index (κ3) is 7.78. The number of phenols is 1. The molecule has 4 rings (SSSR count). The Morgan fingerprint density at radius 2 is 1.75 bits per heavy atom. The fraction of sp³-hybridized carbons (Fsp3) is 0.267. The van der Waals surface area contributed by atoms with Crippen molar-refractivity contribution in [1.82, 2.24) is 4.90 Å². The number of benzene rings is 3. The number of thiophene rings is 1. The van der Waals surface area contributed by atoms with E-state index in [1.54, 1.807) is 42.5 Å². The predicted octanol–water partition coefficient (Wildman–Crippen LogP) is 5.96. The molecular formula is C30H30FNO7S. The van der Waals surface area contributed by atoms with Crippen molar-refractivity contribution in [3.8, 4) is 23.0 Å². The molecule has 1 heterocycles. The summed E-state index contributed by atoms with van der Waals surface area (Å²) >= 11 is 1.17. The first-order valence-corrected chi connectivity index (χ1v) is 13.6. The van der Waals surface area contributed by atoms with E-state index in [0.717, 1.165) is 19.5 Å². The van der Waals surface area contributed by atoms with Gasteiger partial charge < -0.3 is 29.3 Å². The average molecular weight is 568 g/mol. The van der Waals surface area contributed by atoms with Gasteiger partial charge in [0.05, 0.1) is 0 Å². The first kappa shape index (κ1) is 29.0. The maximum atomic E-state index is 13.8. The fourth-order valence-corrected chi connectivity index (χ4v) is 5.19. The highest BCUT2D eigenvalue weighted by atomic mass is 32.1. The minimum atomic E-state index is -0.973. The number of likely N-dealkylation sites (N-methyl/N-ethyl adjacent to an activating group) is 1. The molecule has 0 saturated carbocycles. The lowest BCUT2D eigenvalue weighted by Crippen LogP contribution is -2.30. The molecule has 210 valence electrons. The van der Waals surface area contributed by atoms with Gasteiger partial charge in [0, 0.05) is 35.3 Å². The van der Waals surface area contributed by atoms with Gasteiger partial charge in [-0.3, -0.25) is 4.79 Å². The van der Waals surface area contributed by atoms with E-state index in [4.69, 9.17) is 19.3 Å². The van der Waals surface area contributed by atoms with Crippen LogP contribution in [0.5, 0.6) is 23.0 Å². The van der Waals surface area contributed by atoms with E-state index in [9.17, 15) is 19.1 Å². The van der Waals surface area contributed by atoms with E-state index in [2.05, 4.69) is 4.90 Å². The molecule has 0 aliphatic carbocycles. The molecule has 10 heteroatoms. The second-order valence-electron chi connectivity index (χ2n) is 8.94. The predicted molar refractivity (Wildman–Crippen MR) is 151 cm³/mol. The molecule has 0 amide bonds. The van der Waals surface area contributed by atoms with Gasteiger partial charge >= 0.3 is 5.97 Å². The molecule has 0 spiro atoms. The molecule has 4 aromatic rings. The molecule has 0 saturated heterocycles. The summed E-state index contributed by atoms with van der Waals surface area (Å²) in [5, 5.41) is 19.2. The standard InChI is InChI=1S/C30H30FNO7S/c1-2-32(13-4-15-37-19-27(34)35)14-16-38-23-8-10-24(11-9-23)39-29-25-12-7-22(33)18-26(25)40-30(29)28(36)20-5-3-6-21(31)17-20/h3,5-12,17-18,33H,2,4,13-16,19H2,1H3,(H,34,35). The summed E-state index contributed by atoms with van der Waals surface area (Å²) < 4.78 is 31.6. The first-order valence-electron chi connectivity index (χ1n) is 12.8. The van der Waals surface area contributed by atoms with Crippen LogP contribution in [0.1, 0.15) is 28.6 Å². The van der Waals surface area contributed by atoms with Gasteiger partial charge in [-0.15, -0.1) is 11.3 Å². The van der Waals surface area contributed by atoms with Crippen LogP contribution < -0.4 is 9.47 Å². The zero-order valence-electron chi connectivity index (χ0n) is 22.0. The molecule has 0 fully saturated rings. The Balaban J connectivity index is 1.40. The molecule has 1 aromatic heterocycles. The number of halogens is 1. The van der Waals surface area contributed by atoms with E-state index in [1.165, 1.54) is 35.6 Å². The van der Waals surface area contributed by atoms with E-state index < -0.39 is 11.8 Å². The average Bonchev–Trinajstić information content (AvgIpc) is 3.29. The highest BCUT2D eigenvalue weighted by Crippen LogP contribution is 2.42. The summed E-state index contributed by atoms with van der Waals surface area (Å²) in [5.41, 5.74) is 0.207. The monoisotopic (exact) mass is 567 g/mol.